The predicted molar refractivity (Wildman–Crippen MR) is 86.5 cm³/mol. The molecule has 0 aliphatic rings. The fraction of sp³-hybridized carbons (Fsp3) is 0.0667. The molecule has 2 heterocycles. The molecule has 3 rings (SSSR count). The van der Waals surface area contributed by atoms with Crippen LogP contribution in [0.3, 0.4) is 0 Å². The second kappa shape index (κ2) is 6.55. The number of nitrogen functional groups attached to an aromatic ring is 1. The molecule has 0 spiro atoms. The molecule has 0 bridgehead atoms. The van der Waals surface area contributed by atoms with Crippen LogP contribution in [-0.4, -0.2) is 26.0 Å². The van der Waals surface area contributed by atoms with Gasteiger partial charge in [0.05, 0.1) is 6.20 Å². The van der Waals surface area contributed by atoms with E-state index in [0.717, 1.165) is 0 Å². The molecule has 0 fully saturated rings. The molecule has 0 unspecified atom stereocenters. The second-order valence-corrected chi connectivity index (χ2v) is 5.35. The molecule has 120 valence electrons. The number of halogens is 1. The van der Waals surface area contributed by atoms with Gasteiger partial charge in [-0.25, -0.2) is 9.37 Å². The first-order valence-corrected chi connectivity index (χ1v) is 7.93. The standard InChI is InChI=1S/C15H11FN6OS/c1-24-15-20-12(22-14(18)9(7-17)8-19-22)6-13(21-15)23-11-4-2-10(16)3-5-11/h2-6,8H,18H2,1H3. The van der Waals surface area contributed by atoms with Crippen LogP contribution in [0.5, 0.6) is 11.6 Å². The third-order valence-corrected chi connectivity index (χ3v) is 3.58. The number of aromatic nitrogens is 4. The topological polar surface area (TPSA) is 103 Å². The number of hydrogen-bond acceptors (Lipinski definition) is 7. The molecule has 0 saturated heterocycles. The highest BCUT2D eigenvalue weighted by Gasteiger charge is 2.13. The Balaban J connectivity index is 2.00. The van der Waals surface area contributed by atoms with E-state index in [4.69, 9.17) is 15.7 Å². The average Bonchev–Trinajstić information content (AvgIpc) is 2.97. The molecule has 9 heteroatoms. The molecule has 0 radical (unpaired) electrons. The van der Waals surface area contributed by atoms with Crippen molar-refractivity contribution < 1.29 is 9.13 Å². The first kappa shape index (κ1) is 15.8. The largest absolute Gasteiger partial charge is 0.439 e. The van der Waals surface area contributed by atoms with Crippen molar-refractivity contribution >= 4 is 17.6 Å². The van der Waals surface area contributed by atoms with Crippen molar-refractivity contribution in [2.75, 3.05) is 12.0 Å². The minimum absolute atomic E-state index is 0.177. The Bertz CT molecular complexity index is 919. The number of hydrogen-bond donors (Lipinski definition) is 1. The van der Waals surface area contributed by atoms with Crippen molar-refractivity contribution in [2.45, 2.75) is 5.16 Å². The lowest BCUT2D eigenvalue weighted by Crippen LogP contribution is -2.06. The lowest BCUT2D eigenvalue weighted by Gasteiger charge is -2.09. The number of thioether (sulfide) groups is 1. The van der Waals surface area contributed by atoms with Gasteiger partial charge in [0, 0.05) is 6.07 Å². The van der Waals surface area contributed by atoms with Crippen LogP contribution in [0.25, 0.3) is 5.82 Å². The maximum atomic E-state index is 13.0. The van der Waals surface area contributed by atoms with Gasteiger partial charge in [-0.3, -0.25) is 0 Å². The number of rotatable bonds is 4. The summed E-state index contributed by atoms with van der Waals surface area (Å²) in [4.78, 5) is 8.55. The fourth-order valence-corrected chi connectivity index (χ4v) is 2.26. The van der Waals surface area contributed by atoms with Gasteiger partial charge in [0.25, 0.3) is 0 Å². The summed E-state index contributed by atoms with van der Waals surface area (Å²) in [6.45, 7) is 0. The summed E-state index contributed by atoms with van der Waals surface area (Å²) in [6.07, 6.45) is 3.17. The number of nitriles is 1. The average molecular weight is 342 g/mol. The molecule has 0 saturated carbocycles. The summed E-state index contributed by atoms with van der Waals surface area (Å²) in [7, 11) is 0. The number of anilines is 1. The highest BCUT2D eigenvalue weighted by molar-refractivity contribution is 7.98. The Labute approximate surface area is 140 Å². The number of nitrogens with zero attached hydrogens (tertiary/aromatic N) is 5. The van der Waals surface area contributed by atoms with Gasteiger partial charge in [-0.2, -0.15) is 20.0 Å². The van der Waals surface area contributed by atoms with Crippen molar-refractivity contribution in [2.24, 2.45) is 0 Å². The number of nitrogens with two attached hydrogens (primary N) is 1. The second-order valence-electron chi connectivity index (χ2n) is 4.57. The van der Waals surface area contributed by atoms with Gasteiger partial charge in [0.1, 0.15) is 29.0 Å². The maximum Gasteiger partial charge on any atom is 0.225 e. The van der Waals surface area contributed by atoms with Crippen LogP contribution >= 0.6 is 11.8 Å². The van der Waals surface area contributed by atoms with Gasteiger partial charge in [-0.15, -0.1) is 0 Å². The van der Waals surface area contributed by atoms with Crippen LogP contribution in [0.1, 0.15) is 5.56 Å². The zero-order valence-corrected chi connectivity index (χ0v) is 13.3. The van der Waals surface area contributed by atoms with Crippen molar-refractivity contribution in [3.05, 3.63) is 47.9 Å². The van der Waals surface area contributed by atoms with E-state index in [1.807, 2.05) is 12.3 Å². The molecule has 7 nitrogen and oxygen atoms in total. The third-order valence-electron chi connectivity index (χ3n) is 3.03. The van der Waals surface area contributed by atoms with E-state index in [9.17, 15) is 4.39 Å². The minimum atomic E-state index is -0.358. The Morgan fingerprint density at radius 2 is 2.04 bits per heavy atom. The van der Waals surface area contributed by atoms with Crippen LogP contribution < -0.4 is 10.5 Å². The smallest absolute Gasteiger partial charge is 0.225 e. The van der Waals surface area contributed by atoms with Crippen LogP contribution in [0, 0.1) is 17.1 Å². The van der Waals surface area contributed by atoms with E-state index in [0.29, 0.717) is 16.7 Å². The van der Waals surface area contributed by atoms with Gasteiger partial charge in [0.15, 0.2) is 11.0 Å². The van der Waals surface area contributed by atoms with Gasteiger partial charge in [-0.1, -0.05) is 11.8 Å². The Morgan fingerprint density at radius 1 is 1.29 bits per heavy atom. The molecule has 0 aliphatic heterocycles. The summed E-state index contributed by atoms with van der Waals surface area (Å²) >= 11 is 1.31. The normalized spacial score (nSPS) is 10.4. The van der Waals surface area contributed by atoms with Gasteiger partial charge < -0.3 is 10.5 Å². The Morgan fingerprint density at radius 3 is 2.67 bits per heavy atom. The van der Waals surface area contributed by atoms with Gasteiger partial charge >= 0.3 is 0 Å². The van der Waals surface area contributed by atoms with Gasteiger partial charge in [-0.05, 0) is 30.5 Å². The molecular formula is C15H11FN6OS. The van der Waals surface area contributed by atoms with Gasteiger partial charge in [0.2, 0.25) is 5.88 Å². The lowest BCUT2D eigenvalue weighted by atomic mass is 10.3. The van der Waals surface area contributed by atoms with Crippen molar-refractivity contribution in [1.29, 1.82) is 5.26 Å². The number of benzene rings is 1. The highest BCUT2D eigenvalue weighted by atomic mass is 32.2. The lowest BCUT2D eigenvalue weighted by molar-refractivity contribution is 0.453. The first-order chi connectivity index (χ1) is 11.6. The third kappa shape index (κ3) is 3.13. The summed E-state index contributed by atoms with van der Waals surface area (Å²) < 4.78 is 19.9. The van der Waals surface area contributed by atoms with Crippen LogP contribution in [-0.2, 0) is 0 Å². The summed E-state index contributed by atoms with van der Waals surface area (Å²) in [5.41, 5.74) is 6.14. The summed E-state index contributed by atoms with van der Waals surface area (Å²) in [6, 6.07) is 9.05. The molecule has 2 N–H and O–H groups in total. The van der Waals surface area contributed by atoms with Crippen LogP contribution in [0.15, 0.2) is 41.7 Å². The van der Waals surface area contributed by atoms with Crippen LogP contribution in [0.4, 0.5) is 10.2 Å². The van der Waals surface area contributed by atoms with E-state index in [1.54, 1.807) is 0 Å². The van der Waals surface area contributed by atoms with E-state index in [2.05, 4.69) is 15.1 Å². The van der Waals surface area contributed by atoms with Crippen molar-refractivity contribution in [3.63, 3.8) is 0 Å². The Hall–Kier alpha value is -3.12. The zero-order valence-electron chi connectivity index (χ0n) is 12.5. The van der Waals surface area contributed by atoms with E-state index >= 15 is 0 Å². The molecule has 0 amide bonds. The highest BCUT2D eigenvalue weighted by Crippen LogP contribution is 2.25. The molecule has 1 aromatic carbocycles. The number of ether oxygens (including phenoxy) is 1. The van der Waals surface area contributed by atoms with Crippen LogP contribution in [0.2, 0.25) is 0 Å². The molecular weight excluding hydrogens is 331 g/mol. The molecule has 0 aliphatic carbocycles. The summed E-state index contributed by atoms with van der Waals surface area (Å²) in [5, 5.41) is 13.5. The SMILES string of the molecule is CSc1nc(Oc2ccc(F)cc2)cc(-n2ncc(C#N)c2N)n1. The minimum Gasteiger partial charge on any atom is -0.439 e. The zero-order chi connectivity index (χ0) is 17.1. The molecule has 3 aromatic rings. The van der Waals surface area contributed by atoms with Crippen molar-refractivity contribution in [1.82, 2.24) is 19.7 Å². The van der Waals surface area contributed by atoms with E-state index in [1.165, 1.54) is 53.0 Å². The molecule has 0 atom stereocenters. The molecule has 24 heavy (non-hydrogen) atoms. The van der Waals surface area contributed by atoms with E-state index < -0.39 is 0 Å². The summed E-state index contributed by atoms with van der Waals surface area (Å²) in [5.74, 6) is 0.869. The fourth-order valence-electron chi connectivity index (χ4n) is 1.89. The van der Waals surface area contributed by atoms with Crippen molar-refractivity contribution in [3.8, 4) is 23.5 Å². The Kier molecular flexibility index (Phi) is 4.31. The predicted octanol–water partition coefficient (Wildman–Crippen LogP) is 2.77. The quantitative estimate of drug-likeness (QED) is 0.574. The monoisotopic (exact) mass is 342 g/mol. The first-order valence-electron chi connectivity index (χ1n) is 6.71. The van der Waals surface area contributed by atoms with E-state index in [-0.39, 0.29) is 23.1 Å². The molecule has 2 aromatic heterocycles. The maximum absolute atomic E-state index is 13.0.